The summed E-state index contributed by atoms with van der Waals surface area (Å²) in [6.07, 6.45) is -0.201. The van der Waals surface area contributed by atoms with E-state index in [9.17, 15) is 19.1 Å². The Morgan fingerprint density at radius 1 is 1.40 bits per heavy atom. The molecular formula is C15H20FNO3. The van der Waals surface area contributed by atoms with Gasteiger partial charge in [0.2, 0.25) is 5.91 Å². The minimum atomic E-state index is -1.18. The number of carbonyl (C=O) groups is 2. The molecule has 1 atom stereocenters. The van der Waals surface area contributed by atoms with Crippen molar-refractivity contribution in [1.29, 1.82) is 0 Å². The molecule has 1 unspecified atom stereocenters. The third-order valence-electron chi connectivity index (χ3n) is 3.78. The maximum absolute atomic E-state index is 13.6. The van der Waals surface area contributed by atoms with Gasteiger partial charge in [-0.25, -0.2) is 4.39 Å². The third kappa shape index (κ3) is 3.35. The van der Waals surface area contributed by atoms with Gasteiger partial charge in [0, 0.05) is 6.42 Å². The van der Waals surface area contributed by atoms with E-state index in [0.29, 0.717) is 5.56 Å². The monoisotopic (exact) mass is 281 g/mol. The van der Waals surface area contributed by atoms with E-state index >= 15 is 0 Å². The van der Waals surface area contributed by atoms with Gasteiger partial charge in [0.15, 0.2) is 0 Å². The van der Waals surface area contributed by atoms with E-state index in [1.54, 1.807) is 32.9 Å². The van der Waals surface area contributed by atoms with Crippen LogP contribution in [0.15, 0.2) is 18.2 Å². The average molecular weight is 281 g/mol. The van der Waals surface area contributed by atoms with E-state index in [4.69, 9.17) is 0 Å². The van der Waals surface area contributed by atoms with E-state index in [-0.39, 0.29) is 18.0 Å². The predicted octanol–water partition coefficient (Wildman–Crippen LogP) is 3.21. The molecule has 0 bridgehead atoms. The lowest BCUT2D eigenvalue weighted by atomic mass is 9.76. The molecule has 0 saturated heterocycles. The van der Waals surface area contributed by atoms with Crippen LogP contribution in [0, 0.1) is 24.1 Å². The number of hydrogen-bond donors (Lipinski definition) is 2. The molecule has 0 saturated carbocycles. The molecule has 0 spiro atoms. The zero-order valence-electron chi connectivity index (χ0n) is 12.2. The molecule has 0 fully saturated rings. The van der Waals surface area contributed by atoms with E-state index in [0.717, 1.165) is 0 Å². The van der Waals surface area contributed by atoms with Crippen LogP contribution in [-0.2, 0) is 9.59 Å². The first-order chi connectivity index (χ1) is 9.18. The molecule has 0 radical (unpaired) electrons. The largest absolute Gasteiger partial charge is 0.481 e. The molecule has 0 aliphatic carbocycles. The van der Waals surface area contributed by atoms with E-state index in [1.165, 1.54) is 13.0 Å². The summed E-state index contributed by atoms with van der Waals surface area (Å²) in [5.41, 5.74) is -0.475. The van der Waals surface area contributed by atoms with Crippen LogP contribution in [0.1, 0.15) is 32.8 Å². The van der Waals surface area contributed by atoms with Gasteiger partial charge in [-0.1, -0.05) is 26.0 Å². The predicted molar refractivity (Wildman–Crippen MR) is 75.0 cm³/mol. The zero-order valence-corrected chi connectivity index (χ0v) is 12.2. The van der Waals surface area contributed by atoms with E-state index in [2.05, 4.69) is 5.32 Å². The Balaban J connectivity index is 2.90. The van der Waals surface area contributed by atoms with Crippen LogP contribution < -0.4 is 5.32 Å². The van der Waals surface area contributed by atoms with Crippen molar-refractivity contribution in [3.8, 4) is 0 Å². The van der Waals surface area contributed by atoms with E-state index < -0.39 is 23.1 Å². The summed E-state index contributed by atoms with van der Waals surface area (Å²) in [4.78, 5) is 23.3. The second kappa shape index (κ2) is 6.03. The van der Waals surface area contributed by atoms with Crippen LogP contribution in [0.5, 0.6) is 0 Å². The normalized spacial score (nSPS) is 13.9. The molecule has 1 amide bonds. The maximum atomic E-state index is 13.6. The molecule has 110 valence electrons. The summed E-state index contributed by atoms with van der Waals surface area (Å²) in [6.45, 7) is 6.69. The number of carbonyl (C=O) groups excluding carboxylic acids is 1. The number of benzene rings is 1. The highest BCUT2D eigenvalue weighted by molar-refractivity contribution is 5.94. The van der Waals surface area contributed by atoms with Crippen molar-refractivity contribution in [3.05, 3.63) is 29.6 Å². The number of para-hydroxylation sites is 1. The van der Waals surface area contributed by atoms with Gasteiger partial charge in [-0.05, 0) is 31.4 Å². The molecule has 1 aromatic rings. The minimum absolute atomic E-state index is 0.106. The van der Waals surface area contributed by atoms with Crippen LogP contribution in [-0.4, -0.2) is 17.0 Å². The van der Waals surface area contributed by atoms with Gasteiger partial charge in [0.05, 0.1) is 11.1 Å². The first-order valence-electron chi connectivity index (χ1n) is 6.47. The Hall–Kier alpha value is -1.91. The number of halogens is 1. The number of rotatable bonds is 5. The van der Waals surface area contributed by atoms with E-state index in [1.807, 2.05) is 0 Å². The molecule has 1 rings (SSSR count). The van der Waals surface area contributed by atoms with Crippen molar-refractivity contribution in [2.75, 3.05) is 5.32 Å². The molecule has 0 heterocycles. The second-order valence-corrected chi connectivity index (χ2v) is 5.53. The van der Waals surface area contributed by atoms with Gasteiger partial charge in [0.1, 0.15) is 5.82 Å². The van der Waals surface area contributed by atoms with Crippen LogP contribution in [0.2, 0.25) is 0 Å². The van der Waals surface area contributed by atoms with Crippen LogP contribution in [0.3, 0.4) is 0 Å². The molecular weight excluding hydrogens is 261 g/mol. The summed E-state index contributed by atoms with van der Waals surface area (Å²) in [5.74, 6) is -2.28. The highest BCUT2D eigenvalue weighted by atomic mass is 19.1. The van der Waals surface area contributed by atoms with Gasteiger partial charge < -0.3 is 10.4 Å². The smallest absolute Gasteiger partial charge is 0.310 e. The zero-order chi connectivity index (χ0) is 15.5. The fourth-order valence-corrected chi connectivity index (χ4v) is 1.83. The highest BCUT2D eigenvalue weighted by Crippen LogP contribution is 2.32. The number of nitrogens with one attached hydrogen (secondary N) is 1. The molecule has 2 N–H and O–H groups in total. The SMILES string of the molecule is Cc1cccc(F)c1NC(=O)CC(C)(C(=O)O)C(C)C. The Bertz CT molecular complexity index is 508. The summed E-state index contributed by atoms with van der Waals surface area (Å²) < 4.78 is 13.6. The lowest BCUT2D eigenvalue weighted by Crippen LogP contribution is -2.37. The fourth-order valence-electron chi connectivity index (χ4n) is 1.83. The molecule has 1 aromatic carbocycles. The lowest BCUT2D eigenvalue weighted by Gasteiger charge is -2.28. The van der Waals surface area contributed by atoms with Gasteiger partial charge in [0.25, 0.3) is 0 Å². The number of hydrogen-bond acceptors (Lipinski definition) is 2. The first kappa shape index (κ1) is 16.1. The molecule has 20 heavy (non-hydrogen) atoms. The minimum Gasteiger partial charge on any atom is -0.481 e. The van der Waals surface area contributed by atoms with Crippen LogP contribution in [0.25, 0.3) is 0 Å². The summed E-state index contributed by atoms with van der Waals surface area (Å²) >= 11 is 0. The number of carboxylic acid groups (broad SMARTS) is 1. The fraction of sp³-hybridized carbons (Fsp3) is 0.467. The average Bonchev–Trinajstić information content (AvgIpc) is 2.33. The van der Waals surface area contributed by atoms with Crippen molar-refractivity contribution in [1.82, 2.24) is 0 Å². The Labute approximate surface area is 118 Å². The first-order valence-corrected chi connectivity index (χ1v) is 6.47. The third-order valence-corrected chi connectivity index (χ3v) is 3.78. The number of carboxylic acids is 1. The Kier molecular flexibility index (Phi) is 4.87. The topological polar surface area (TPSA) is 66.4 Å². The molecule has 0 aliphatic heterocycles. The van der Waals surface area contributed by atoms with Crippen LogP contribution >= 0.6 is 0 Å². The summed E-state index contributed by atoms with van der Waals surface area (Å²) in [5, 5.41) is 11.7. The Morgan fingerprint density at radius 3 is 2.45 bits per heavy atom. The molecule has 5 heteroatoms. The van der Waals surface area contributed by atoms with Gasteiger partial charge in [-0.3, -0.25) is 9.59 Å². The highest BCUT2D eigenvalue weighted by Gasteiger charge is 2.38. The standard InChI is InChI=1S/C15H20FNO3/c1-9(2)15(4,14(19)20)8-12(18)17-13-10(3)6-5-7-11(13)16/h5-7,9H,8H2,1-4H3,(H,17,18)(H,19,20). The Morgan fingerprint density at radius 2 is 2.00 bits per heavy atom. The van der Waals surface area contributed by atoms with Crippen molar-refractivity contribution in [3.63, 3.8) is 0 Å². The van der Waals surface area contributed by atoms with Gasteiger partial charge >= 0.3 is 5.97 Å². The number of amides is 1. The summed E-state index contributed by atoms with van der Waals surface area (Å²) in [6, 6.07) is 4.48. The number of aliphatic carboxylic acids is 1. The molecule has 0 aromatic heterocycles. The van der Waals surface area contributed by atoms with Crippen LogP contribution in [0.4, 0.5) is 10.1 Å². The lowest BCUT2D eigenvalue weighted by molar-refractivity contribution is -0.153. The number of anilines is 1. The quantitative estimate of drug-likeness (QED) is 0.871. The maximum Gasteiger partial charge on any atom is 0.310 e. The summed E-state index contributed by atoms with van der Waals surface area (Å²) in [7, 11) is 0. The van der Waals surface area contributed by atoms with Crippen molar-refractivity contribution < 1.29 is 19.1 Å². The van der Waals surface area contributed by atoms with Crippen molar-refractivity contribution in [2.45, 2.75) is 34.1 Å². The molecule has 4 nitrogen and oxygen atoms in total. The van der Waals surface area contributed by atoms with Gasteiger partial charge in [-0.15, -0.1) is 0 Å². The second-order valence-electron chi connectivity index (χ2n) is 5.53. The number of aryl methyl sites for hydroxylation is 1. The molecule has 0 aliphatic rings. The van der Waals surface area contributed by atoms with Gasteiger partial charge in [-0.2, -0.15) is 0 Å². The van der Waals surface area contributed by atoms with Crippen molar-refractivity contribution in [2.24, 2.45) is 11.3 Å². The van der Waals surface area contributed by atoms with Crippen molar-refractivity contribution >= 4 is 17.6 Å².